The monoisotopic (exact) mass is 222 g/mol. The van der Waals surface area contributed by atoms with Crippen molar-refractivity contribution < 1.29 is 4.79 Å². The molecule has 2 heterocycles. The lowest BCUT2D eigenvalue weighted by Gasteiger charge is -2.23. The highest BCUT2D eigenvalue weighted by molar-refractivity contribution is 5.91. The van der Waals surface area contributed by atoms with E-state index in [1.807, 2.05) is 13.1 Å². The van der Waals surface area contributed by atoms with E-state index in [0.29, 0.717) is 18.3 Å². The van der Waals surface area contributed by atoms with Gasteiger partial charge in [0.05, 0.1) is 6.33 Å². The zero-order valence-corrected chi connectivity index (χ0v) is 9.57. The zero-order chi connectivity index (χ0) is 11.4. The van der Waals surface area contributed by atoms with Gasteiger partial charge in [-0.25, -0.2) is 4.98 Å². The van der Waals surface area contributed by atoms with Gasteiger partial charge in [0.25, 0.3) is 5.91 Å². The van der Waals surface area contributed by atoms with Gasteiger partial charge in [0, 0.05) is 18.8 Å². The molecule has 1 fully saturated rings. The third-order valence-electron chi connectivity index (χ3n) is 2.90. The van der Waals surface area contributed by atoms with Crippen LogP contribution in [0, 0.1) is 0 Å². The highest BCUT2D eigenvalue weighted by Crippen LogP contribution is 2.18. The molecule has 0 atom stereocenters. The van der Waals surface area contributed by atoms with E-state index in [9.17, 15) is 4.79 Å². The first kappa shape index (κ1) is 11.1. The van der Waals surface area contributed by atoms with E-state index in [2.05, 4.69) is 20.2 Å². The first-order chi connectivity index (χ1) is 7.81. The summed E-state index contributed by atoms with van der Waals surface area (Å²) >= 11 is 0. The van der Waals surface area contributed by atoms with Crippen molar-refractivity contribution in [2.45, 2.75) is 25.8 Å². The van der Waals surface area contributed by atoms with Crippen LogP contribution in [0.25, 0.3) is 0 Å². The Morgan fingerprint density at radius 1 is 1.62 bits per heavy atom. The molecule has 1 aliphatic rings. The third kappa shape index (κ3) is 2.41. The lowest BCUT2D eigenvalue weighted by molar-refractivity contribution is 0.0951. The highest BCUT2D eigenvalue weighted by atomic mass is 16.1. The molecule has 5 heteroatoms. The number of hydrogen-bond acceptors (Lipinski definition) is 3. The van der Waals surface area contributed by atoms with Gasteiger partial charge < -0.3 is 15.2 Å². The predicted octanol–water partition coefficient (Wildman–Crippen LogP) is 0.557. The average molecular weight is 222 g/mol. The third-order valence-corrected chi connectivity index (χ3v) is 2.90. The Balaban J connectivity index is 2.03. The van der Waals surface area contributed by atoms with Crippen LogP contribution in [0.1, 0.15) is 36.3 Å². The number of nitrogens with zero attached hydrogens (tertiary/aromatic N) is 2. The molecular weight excluding hydrogens is 204 g/mol. The summed E-state index contributed by atoms with van der Waals surface area (Å²) in [4.78, 5) is 15.7. The number of hydrogen-bond donors (Lipinski definition) is 2. The molecule has 1 aromatic heterocycles. The number of piperidine rings is 1. The molecule has 1 aliphatic heterocycles. The van der Waals surface area contributed by atoms with Gasteiger partial charge in [-0.2, -0.15) is 0 Å². The van der Waals surface area contributed by atoms with Crippen LogP contribution in [0.15, 0.2) is 12.5 Å². The maximum Gasteiger partial charge on any atom is 0.271 e. The molecule has 5 nitrogen and oxygen atoms in total. The lowest BCUT2D eigenvalue weighted by Crippen LogP contribution is -2.29. The maximum atomic E-state index is 11.5. The summed E-state index contributed by atoms with van der Waals surface area (Å²) in [6, 6.07) is 0.483. The summed E-state index contributed by atoms with van der Waals surface area (Å²) in [6.45, 7) is 4.62. The van der Waals surface area contributed by atoms with Crippen LogP contribution in [0.4, 0.5) is 0 Å². The Kier molecular flexibility index (Phi) is 3.56. The summed E-state index contributed by atoms with van der Waals surface area (Å²) in [7, 11) is 0. The van der Waals surface area contributed by atoms with Crippen molar-refractivity contribution in [3.05, 3.63) is 18.2 Å². The minimum atomic E-state index is -0.0878. The molecule has 88 valence electrons. The molecule has 2 N–H and O–H groups in total. The molecule has 0 saturated carbocycles. The van der Waals surface area contributed by atoms with Gasteiger partial charge in [-0.3, -0.25) is 4.79 Å². The molecule has 0 aromatic carbocycles. The summed E-state index contributed by atoms with van der Waals surface area (Å²) < 4.78 is 2.06. The fourth-order valence-electron chi connectivity index (χ4n) is 2.01. The number of rotatable bonds is 3. The van der Waals surface area contributed by atoms with Crippen molar-refractivity contribution in [2.75, 3.05) is 19.6 Å². The van der Waals surface area contributed by atoms with E-state index in [1.165, 1.54) is 0 Å². The van der Waals surface area contributed by atoms with Gasteiger partial charge in [-0.15, -0.1) is 0 Å². The van der Waals surface area contributed by atoms with Gasteiger partial charge in [0.1, 0.15) is 5.69 Å². The van der Waals surface area contributed by atoms with E-state index >= 15 is 0 Å². The molecule has 0 unspecified atom stereocenters. The molecule has 0 radical (unpaired) electrons. The highest BCUT2D eigenvalue weighted by Gasteiger charge is 2.16. The standard InChI is InChI=1S/C11H18N4O/c1-2-13-11(16)10-7-15(8-14-10)9-3-5-12-6-4-9/h7-9,12H,2-6H2,1H3,(H,13,16). The van der Waals surface area contributed by atoms with Crippen LogP contribution >= 0.6 is 0 Å². The summed E-state index contributed by atoms with van der Waals surface area (Å²) in [5, 5.41) is 6.07. The number of aromatic nitrogens is 2. The largest absolute Gasteiger partial charge is 0.351 e. The predicted molar refractivity (Wildman–Crippen MR) is 61.4 cm³/mol. The van der Waals surface area contributed by atoms with Crippen molar-refractivity contribution in [2.24, 2.45) is 0 Å². The van der Waals surface area contributed by atoms with Gasteiger partial charge in [-0.05, 0) is 32.9 Å². The topological polar surface area (TPSA) is 59.0 Å². The van der Waals surface area contributed by atoms with Crippen LogP contribution in [0.2, 0.25) is 0 Å². The van der Waals surface area contributed by atoms with Crippen molar-refractivity contribution >= 4 is 5.91 Å². The average Bonchev–Trinajstić information content (AvgIpc) is 2.80. The van der Waals surface area contributed by atoms with E-state index < -0.39 is 0 Å². The lowest BCUT2D eigenvalue weighted by atomic mass is 10.1. The SMILES string of the molecule is CCNC(=O)c1cn(C2CCNCC2)cn1. The van der Waals surface area contributed by atoms with E-state index in [4.69, 9.17) is 0 Å². The molecule has 0 bridgehead atoms. The van der Waals surface area contributed by atoms with E-state index in [1.54, 1.807) is 6.33 Å². The van der Waals surface area contributed by atoms with Gasteiger partial charge in [0.15, 0.2) is 0 Å². The van der Waals surface area contributed by atoms with Crippen molar-refractivity contribution in [3.63, 3.8) is 0 Å². The number of carbonyl (C=O) groups is 1. The first-order valence-corrected chi connectivity index (χ1v) is 5.83. The first-order valence-electron chi connectivity index (χ1n) is 5.83. The molecule has 16 heavy (non-hydrogen) atoms. The minimum absolute atomic E-state index is 0.0878. The van der Waals surface area contributed by atoms with Crippen molar-refractivity contribution in [1.82, 2.24) is 20.2 Å². The smallest absolute Gasteiger partial charge is 0.271 e. The van der Waals surface area contributed by atoms with Crippen LogP contribution in [-0.2, 0) is 0 Å². The van der Waals surface area contributed by atoms with Crippen LogP contribution in [-0.4, -0.2) is 35.1 Å². The molecule has 1 saturated heterocycles. The van der Waals surface area contributed by atoms with E-state index in [0.717, 1.165) is 25.9 Å². The summed E-state index contributed by atoms with van der Waals surface area (Å²) in [5.74, 6) is -0.0878. The van der Waals surface area contributed by atoms with Crippen molar-refractivity contribution in [3.8, 4) is 0 Å². The number of nitrogens with one attached hydrogen (secondary N) is 2. The van der Waals surface area contributed by atoms with Gasteiger partial charge in [0.2, 0.25) is 0 Å². The second kappa shape index (κ2) is 5.12. The van der Waals surface area contributed by atoms with Crippen LogP contribution in [0.5, 0.6) is 0 Å². The summed E-state index contributed by atoms with van der Waals surface area (Å²) in [6.07, 6.45) is 5.82. The maximum absolute atomic E-state index is 11.5. The van der Waals surface area contributed by atoms with Crippen LogP contribution < -0.4 is 10.6 Å². The molecule has 1 aromatic rings. The fraction of sp³-hybridized carbons (Fsp3) is 0.636. The molecule has 2 rings (SSSR count). The Hall–Kier alpha value is -1.36. The van der Waals surface area contributed by atoms with Crippen molar-refractivity contribution in [1.29, 1.82) is 0 Å². The van der Waals surface area contributed by atoms with E-state index in [-0.39, 0.29) is 5.91 Å². The molecule has 0 spiro atoms. The van der Waals surface area contributed by atoms with Gasteiger partial charge in [-0.1, -0.05) is 0 Å². The molecule has 1 amide bonds. The molecular formula is C11H18N4O. The Labute approximate surface area is 95.2 Å². The number of carbonyl (C=O) groups excluding carboxylic acids is 1. The Bertz CT molecular complexity index is 355. The quantitative estimate of drug-likeness (QED) is 0.785. The zero-order valence-electron chi connectivity index (χ0n) is 9.57. The summed E-state index contributed by atoms with van der Waals surface area (Å²) in [5.41, 5.74) is 0.514. The minimum Gasteiger partial charge on any atom is -0.351 e. The Morgan fingerprint density at radius 2 is 2.38 bits per heavy atom. The number of imidazole rings is 1. The normalized spacial score (nSPS) is 17.3. The second-order valence-electron chi connectivity index (χ2n) is 4.05. The number of amides is 1. The Morgan fingerprint density at radius 3 is 3.06 bits per heavy atom. The van der Waals surface area contributed by atoms with Crippen LogP contribution in [0.3, 0.4) is 0 Å². The fourth-order valence-corrected chi connectivity index (χ4v) is 2.01. The van der Waals surface area contributed by atoms with Gasteiger partial charge >= 0.3 is 0 Å². The molecule has 0 aliphatic carbocycles. The second-order valence-corrected chi connectivity index (χ2v) is 4.05.